The van der Waals surface area contributed by atoms with Crippen molar-refractivity contribution >= 4 is 28.6 Å². The van der Waals surface area contributed by atoms with Crippen molar-refractivity contribution in [1.82, 2.24) is 19.9 Å². The molecule has 0 saturated heterocycles. The summed E-state index contributed by atoms with van der Waals surface area (Å²) in [4.78, 5) is 14.9. The van der Waals surface area contributed by atoms with Crippen molar-refractivity contribution in [3.8, 4) is 11.5 Å². The van der Waals surface area contributed by atoms with Gasteiger partial charge in [0, 0.05) is 0 Å². The van der Waals surface area contributed by atoms with Gasteiger partial charge in [-0.2, -0.15) is 9.97 Å². The zero-order chi connectivity index (χ0) is 15.3. The van der Waals surface area contributed by atoms with Gasteiger partial charge in [-0.25, -0.2) is 4.98 Å². The highest BCUT2D eigenvalue weighted by Crippen LogP contribution is 2.46. The molecule has 22 heavy (non-hydrogen) atoms. The van der Waals surface area contributed by atoms with Crippen molar-refractivity contribution in [3.63, 3.8) is 0 Å². The van der Waals surface area contributed by atoms with E-state index in [4.69, 9.17) is 5.73 Å². The van der Waals surface area contributed by atoms with E-state index in [0.717, 1.165) is 0 Å². The molecule has 0 fully saturated rings. The first-order valence-electron chi connectivity index (χ1n) is 6.14. The van der Waals surface area contributed by atoms with Crippen LogP contribution in [0, 0.1) is 0 Å². The number of anilines is 3. The quantitative estimate of drug-likeness (QED) is 0.664. The molecule has 0 aliphatic carbocycles. The fourth-order valence-corrected chi connectivity index (χ4v) is 2.10. The Morgan fingerprint density at radius 2 is 2.09 bits per heavy atom. The second-order valence-electron chi connectivity index (χ2n) is 4.46. The number of alkyl halides is 2. The molecule has 0 spiro atoms. The lowest BCUT2D eigenvalue weighted by atomic mass is 10.2. The van der Waals surface area contributed by atoms with Crippen LogP contribution in [0.4, 0.5) is 26.2 Å². The summed E-state index contributed by atoms with van der Waals surface area (Å²) in [6.07, 6.45) is -2.27. The van der Waals surface area contributed by atoms with Gasteiger partial charge in [0.2, 0.25) is 5.95 Å². The predicted molar refractivity (Wildman–Crippen MR) is 72.0 cm³/mol. The third-order valence-electron chi connectivity index (χ3n) is 2.98. The van der Waals surface area contributed by atoms with Gasteiger partial charge < -0.3 is 25.5 Å². The predicted octanol–water partition coefficient (Wildman–Crippen LogP) is 2.00. The molecule has 1 aromatic carbocycles. The van der Waals surface area contributed by atoms with Crippen molar-refractivity contribution < 1.29 is 18.3 Å². The highest BCUT2D eigenvalue weighted by molar-refractivity contribution is 5.83. The zero-order valence-corrected chi connectivity index (χ0v) is 10.8. The third-order valence-corrected chi connectivity index (χ3v) is 2.98. The van der Waals surface area contributed by atoms with Crippen LogP contribution in [0.25, 0.3) is 11.2 Å². The van der Waals surface area contributed by atoms with Crippen LogP contribution in [0.2, 0.25) is 0 Å². The van der Waals surface area contributed by atoms with E-state index in [-0.39, 0.29) is 29.0 Å². The minimum atomic E-state index is -3.70. The molecule has 2 aromatic heterocycles. The second kappa shape index (κ2) is 4.16. The minimum Gasteiger partial charge on any atom is -0.395 e. The Hall–Kier alpha value is -3.17. The lowest BCUT2D eigenvalue weighted by Crippen LogP contribution is -2.26. The van der Waals surface area contributed by atoms with E-state index >= 15 is 0 Å². The number of aromatic nitrogens is 4. The van der Waals surface area contributed by atoms with Crippen LogP contribution < -0.4 is 20.5 Å². The first-order valence-corrected chi connectivity index (χ1v) is 6.14. The molecular weight excluding hydrogens is 298 g/mol. The van der Waals surface area contributed by atoms with E-state index in [1.807, 2.05) is 0 Å². The number of nitrogen functional groups attached to an aromatic ring is 1. The molecule has 1 aliphatic rings. The van der Waals surface area contributed by atoms with Gasteiger partial charge in [-0.3, -0.25) is 0 Å². The number of H-pyrrole nitrogens is 1. The van der Waals surface area contributed by atoms with Crippen LogP contribution in [0.15, 0.2) is 24.5 Å². The largest absolute Gasteiger partial charge is 0.586 e. The molecule has 3 aromatic rings. The zero-order valence-electron chi connectivity index (χ0n) is 10.8. The number of benzene rings is 1. The number of nitrogens with one attached hydrogen (secondary N) is 2. The Bertz CT molecular complexity index is 881. The van der Waals surface area contributed by atoms with Gasteiger partial charge in [-0.1, -0.05) is 6.07 Å². The molecule has 0 bridgehead atoms. The summed E-state index contributed by atoms with van der Waals surface area (Å²) in [6, 6.07) is 4.43. The lowest BCUT2D eigenvalue weighted by Gasteiger charge is -2.08. The minimum absolute atomic E-state index is 0.0782. The summed E-state index contributed by atoms with van der Waals surface area (Å²) in [5.74, 6) is 0.0651. The van der Waals surface area contributed by atoms with Gasteiger partial charge in [0.1, 0.15) is 5.52 Å². The van der Waals surface area contributed by atoms with Gasteiger partial charge in [-0.15, -0.1) is 8.78 Å². The van der Waals surface area contributed by atoms with Crippen molar-refractivity contribution in [3.05, 3.63) is 24.5 Å². The van der Waals surface area contributed by atoms with Gasteiger partial charge in [0.05, 0.1) is 12.0 Å². The number of ether oxygens (including phenoxy) is 2. The van der Waals surface area contributed by atoms with Gasteiger partial charge in [0.15, 0.2) is 23.0 Å². The van der Waals surface area contributed by atoms with Crippen LogP contribution in [0.3, 0.4) is 0 Å². The van der Waals surface area contributed by atoms with Crippen LogP contribution in [-0.4, -0.2) is 26.2 Å². The molecule has 10 heteroatoms. The topological polar surface area (TPSA) is 111 Å². The summed E-state index contributed by atoms with van der Waals surface area (Å²) in [5, 5.41) is 2.78. The molecule has 0 atom stereocenters. The van der Waals surface area contributed by atoms with Crippen LogP contribution in [0.5, 0.6) is 11.5 Å². The Balaban J connectivity index is 1.73. The number of fused-ring (bicyclic) bond motifs is 2. The first kappa shape index (κ1) is 12.6. The SMILES string of the molecule is Nc1nc(Nc2cccc3c2OC(F)(F)O3)nc2[nH]cnc12. The van der Waals surface area contributed by atoms with Crippen LogP contribution >= 0.6 is 0 Å². The Morgan fingerprint density at radius 3 is 2.95 bits per heavy atom. The van der Waals surface area contributed by atoms with Gasteiger partial charge in [-0.05, 0) is 12.1 Å². The number of halogens is 2. The number of nitrogens with zero attached hydrogens (tertiary/aromatic N) is 3. The highest BCUT2D eigenvalue weighted by atomic mass is 19.3. The van der Waals surface area contributed by atoms with Gasteiger partial charge in [0.25, 0.3) is 0 Å². The molecule has 3 heterocycles. The Kier molecular flexibility index (Phi) is 2.38. The maximum atomic E-state index is 13.1. The first-order chi connectivity index (χ1) is 10.5. The van der Waals surface area contributed by atoms with Gasteiger partial charge >= 0.3 is 6.29 Å². The maximum absolute atomic E-state index is 13.1. The number of imidazole rings is 1. The Morgan fingerprint density at radius 1 is 1.23 bits per heavy atom. The summed E-state index contributed by atoms with van der Waals surface area (Å²) in [7, 11) is 0. The lowest BCUT2D eigenvalue weighted by molar-refractivity contribution is -0.286. The third kappa shape index (κ3) is 1.92. The molecular formula is C12H8F2N6O2. The number of hydrogen-bond donors (Lipinski definition) is 3. The van der Waals surface area contributed by atoms with E-state index in [2.05, 4.69) is 34.7 Å². The number of aromatic amines is 1. The van der Waals surface area contributed by atoms with Crippen molar-refractivity contribution in [2.75, 3.05) is 11.1 Å². The van der Waals surface area contributed by atoms with E-state index in [9.17, 15) is 8.78 Å². The van der Waals surface area contributed by atoms with Crippen molar-refractivity contribution in [2.45, 2.75) is 6.29 Å². The molecule has 0 saturated carbocycles. The normalized spacial score (nSPS) is 15.2. The summed E-state index contributed by atoms with van der Waals surface area (Å²) in [5.41, 5.74) is 6.84. The smallest absolute Gasteiger partial charge is 0.395 e. The summed E-state index contributed by atoms with van der Waals surface area (Å²) < 4.78 is 35.2. The Labute approximate surface area is 121 Å². The molecule has 4 N–H and O–H groups in total. The van der Waals surface area contributed by atoms with Crippen molar-refractivity contribution in [1.29, 1.82) is 0 Å². The molecule has 1 aliphatic heterocycles. The molecule has 0 amide bonds. The number of hydrogen-bond acceptors (Lipinski definition) is 7. The van der Waals surface area contributed by atoms with Crippen molar-refractivity contribution in [2.24, 2.45) is 0 Å². The average molecular weight is 306 g/mol. The standard InChI is InChI=1S/C12H8F2N6O2/c13-12(14)21-6-3-1-2-5(8(6)22-12)18-11-19-9(15)7-10(20-11)17-4-16-7/h1-4H,(H4,15,16,17,18,19,20). The van der Waals surface area contributed by atoms with Crippen LogP contribution in [-0.2, 0) is 0 Å². The average Bonchev–Trinajstić information content (AvgIpc) is 3.02. The fraction of sp³-hybridized carbons (Fsp3) is 0.0833. The van der Waals surface area contributed by atoms with Crippen LogP contribution in [0.1, 0.15) is 0 Å². The molecule has 4 rings (SSSR count). The molecule has 8 nitrogen and oxygen atoms in total. The summed E-state index contributed by atoms with van der Waals surface area (Å²) in [6.45, 7) is 0. The molecule has 112 valence electrons. The number of nitrogens with two attached hydrogens (primary N) is 1. The highest BCUT2D eigenvalue weighted by Gasteiger charge is 2.44. The van der Waals surface area contributed by atoms with E-state index in [1.165, 1.54) is 24.5 Å². The second-order valence-corrected chi connectivity index (χ2v) is 4.46. The number of para-hydroxylation sites is 1. The van der Waals surface area contributed by atoms with E-state index in [0.29, 0.717) is 11.2 Å². The van der Waals surface area contributed by atoms with E-state index < -0.39 is 6.29 Å². The monoisotopic (exact) mass is 306 g/mol. The number of rotatable bonds is 2. The maximum Gasteiger partial charge on any atom is 0.586 e. The molecule has 0 unspecified atom stereocenters. The van der Waals surface area contributed by atoms with E-state index in [1.54, 1.807) is 0 Å². The molecule has 0 radical (unpaired) electrons. The summed E-state index contributed by atoms with van der Waals surface area (Å²) >= 11 is 0. The fourth-order valence-electron chi connectivity index (χ4n) is 2.10.